The number of methoxy groups -OCH3 is 1. The van der Waals surface area contributed by atoms with Crippen LogP contribution in [0.5, 0.6) is 0 Å². The van der Waals surface area contributed by atoms with Gasteiger partial charge >= 0.3 is 0 Å². The number of rotatable bonds is 2. The highest BCUT2D eigenvalue weighted by atomic mass is 16.5. The molecular weight excluding hydrogens is 178 g/mol. The maximum absolute atomic E-state index is 5.83. The molecule has 2 N–H and O–H groups in total. The minimum atomic E-state index is 0.297. The molecule has 0 amide bonds. The Bertz CT molecular complexity index is 321. The lowest BCUT2D eigenvalue weighted by molar-refractivity contribution is 0.0756. The van der Waals surface area contributed by atoms with Crippen LogP contribution in [-0.2, 0) is 4.74 Å². The van der Waals surface area contributed by atoms with Gasteiger partial charge in [0.15, 0.2) is 0 Å². The fourth-order valence-corrected chi connectivity index (χ4v) is 2.30. The predicted octanol–water partition coefficient (Wildman–Crippen LogP) is 1.51. The van der Waals surface area contributed by atoms with Crippen molar-refractivity contribution in [2.75, 3.05) is 12.8 Å². The highest BCUT2D eigenvalue weighted by Crippen LogP contribution is 2.33. The first-order chi connectivity index (χ1) is 6.72. The lowest BCUT2D eigenvalue weighted by Crippen LogP contribution is -2.21. The maximum Gasteiger partial charge on any atom is 0.200 e. The summed E-state index contributed by atoms with van der Waals surface area (Å²) in [7, 11) is 1.77. The van der Waals surface area contributed by atoms with Gasteiger partial charge in [-0.05, 0) is 26.2 Å². The van der Waals surface area contributed by atoms with Crippen LogP contribution >= 0.6 is 0 Å². The van der Waals surface area contributed by atoms with Crippen molar-refractivity contribution in [1.82, 2.24) is 9.55 Å². The van der Waals surface area contributed by atoms with Crippen LogP contribution in [0.4, 0.5) is 5.95 Å². The van der Waals surface area contributed by atoms with E-state index in [1.165, 1.54) is 6.42 Å². The summed E-state index contributed by atoms with van der Waals surface area (Å²) >= 11 is 0. The monoisotopic (exact) mass is 195 g/mol. The van der Waals surface area contributed by atoms with Crippen molar-refractivity contribution in [3.8, 4) is 0 Å². The molecule has 4 heteroatoms. The molecular formula is C10H17N3O. The molecule has 4 nitrogen and oxygen atoms in total. The Labute approximate surface area is 84.1 Å². The van der Waals surface area contributed by atoms with Gasteiger partial charge in [-0.3, -0.25) is 0 Å². The second-order valence-electron chi connectivity index (χ2n) is 3.92. The molecule has 1 aromatic rings. The minimum Gasteiger partial charge on any atom is -0.379 e. The zero-order chi connectivity index (χ0) is 10.1. The molecule has 0 aromatic carbocycles. The number of anilines is 1. The van der Waals surface area contributed by atoms with Gasteiger partial charge in [0.25, 0.3) is 0 Å². The van der Waals surface area contributed by atoms with E-state index in [1.54, 1.807) is 7.11 Å². The van der Waals surface area contributed by atoms with Gasteiger partial charge in [0, 0.05) is 13.3 Å². The Morgan fingerprint density at radius 2 is 2.36 bits per heavy atom. The second-order valence-corrected chi connectivity index (χ2v) is 3.92. The van der Waals surface area contributed by atoms with Crippen molar-refractivity contribution in [3.63, 3.8) is 0 Å². The molecule has 1 fully saturated rings. The van der Waals surface area contributed by atoms with E-state index in [-0.39, 0.29) is 0 Å². The van der Waals surface area contributed by atoms with Gasteiger partial charge in [-0.2, -0.15) is 0 Å². The Balaban J connectivity index is 2.25. The summed E-state index contributed by atoms with van der Waals surface area (Å²) < 4.78 is 7.49. The lowest BCUT2D eigenvalue weighted by atomic mass is 10.2. The molecule has 78 valence electrons. The molecule has 1 aliphatic carbocycles. The van der Waals surface area contributed by atoms with Gasteiger partial charge in [-0.25, -0.2) is 4.98 Å². The standard InChI is InChI=1S/C10H17N3O/c1-7-6-13(10(11)12-7)8-4-3-5-9(8)14-2/h6,8-9H,3-5H2,1-2H3,(H2,11,12). The van der Waals surface area contributed by atoms with Crippen LogP contribution in [0.25, 0.3) is 0 Å². The molecule has 2 rings (SSSR count). The lowest BCUT2D eigenvalue weighted by Gasteiger charge is -2.20. The molecule has 1 heterocycles. The third-order valence-electron chi connectivity index (χ3n) is 2.96. The van der Waals surface area contributed by atoms with Crippen molar-refractivity contribution < 1.29 is 4.74 Å². The first-order valence-electron chi connectivity index (χ1n) is 5.06. The molecule has 0 spiro atoms. The van der Waals surface area contributed by atoms with Gasteiger partial charge in [0.1, 0.15) is 0 Å². The van der Waals surface area contributed by atoms with Crippen molar-refractivity contribution in [1.29, 1.82) is 0 Å². The summed E-state index contributed by atoms with van der Waals surface area (Å²) in [5, 5.41) is 0. The van der Waals surface area contributed by atoms with E-state index in [2.05, 4.69) is 9.55 Å². The molecule has 0 radical (unpaired) electrons. The number of nitrogens with two attached hydrogens (primary N) is 1. The molecule has 2 atom stereocenters. The number of ether oxygens (including phenoxy) is 1. The topological polar surface area (TPSA) is 53.1 Å². The first-order valence-corrected chi connectivity index (χ1v) is 5.06. The van der Waals surface area contributed by atoms with Crippen LogP contribution in [0, 0.1) is 6.92 Å². The zero-order valence-electron chi connectivity index (χ0n) is 8.73. The summed E-state index contributed by atoms with van der Waals surface area (Å²) in [5.41, 5.74) is 6.81. The Kier molecular flexibility index (Phi) is 2.46. The van der Waals surface area contributed by atoms with Crippen molar-refractivity contribution in [2.24, 2.45) is 0 Å². The van der Waals surface area contributed by atoms with E-state index in [0.29, 0.717) is 18.1 Å². The number of aromatic nitrogens is 2. The minimum absolute atomic E-state index is 0.297. The van der Waals surface area contributed by atoms with Crippen molar-refractivity contribution >= 4 is 5.95 Å². The molecule has 0 bridgehead atoms. The second kappa shape index (κ2) is 3.61. The van der Waals surface area contributed by atoms with E-state index in [9.17, 15) is 0 Å². The van der Waals surface area contributed by atoms with Crippen LogP contribution in [-0.4, -0.2) is 22.8 Å². The van der Waals surface area contributed by atoms with Gasteiger partial charge in [-0.1, -0.05) is 0 Å². The molecule has 1 aliphatic rings. The van der Waals surface area contributed by atoms with Crippen molar-refractivity contribution in [2.45, 2.75) is 38.3 Å². The number of imidazole rings is 1. The van der Waals surface area contributed by atoms with Crippen LogP contribution in [0.2, 0.25) is 0 Å². The molecule has 14 heavy (non-hydrogen) atoms. The third-order valence-corrected chi connectivity index (χ3v) is 2.96. The Hall–Kier alpha value is -1.03. The smallest absolute Gasteiger partial charge is 0.200 e. The fraction of sp³-hybridized carbons (Fsp3) is 0.700. The van der Waals surface area contributed by atoms with E-state index < -0.39 is 0 Å². The maximum atomic E-state index is 5.83. The number of nitrogens with zero attached hydrogens (tertiary/aromatic N) is 2. The number of aryl methyl sites for hydroxylation is 1. The quantitative estimate of drug-likeness (QED) is 0.778. The normalized spacial score (nSPS) is 27.0. The van der Waals surface area contributed by atoms with Crippen LogP contribution in [0.1, 0.15) is 31.0 Å². The van der Waals surface area contributed by atoms with E-state index in [4.69, 9.17) is 10.5 Å². The summed E-state index contributed by atoms with van der Waals surface area (Å²) in [4.78, 5) is 4.21. The Morgan fingerprint density at radius 1 is 1.57 bits per heavy atom. The predicted molar refractivity (Wildman–Crippen MR) is 55.1 cm³/mol. The van der Waals surface area contributed by atoms with Crippen molar-refractivity contribution in [3.05, 3.63) is 11.9 Å². The average molecular weight is 195 g/mol. The summed E-state index contributed by atoms with van der Waals surface area (Å²) in [6.45, 7) is 1.96. The molecule has 2 unspecified atom stereocenters. The largest absolute Gasteiger partial charge is 0.379 e. The number of hydrogen-bond acceptors (Lipinski definition) is 3. The highest BCUT2D eigenvalue weighted by Gasteiger charge is 2.29. The highest BCUT2D eigenvalue weighted by molar-refractivity contribution is 5.23. The fourth-order valence-electron chi connectivity index (χ4n) is 2.30. The third kappa shape index (κ3) is 1.50. The van der Waals surface area contributed by atoms with Gasteiger partial charge in [0.2, 0.25) is 5.95 Å². The SMILES string of the molecule is COC1CCCC1n1cc(C)nc1N. The Morgan fingerprint density at radius 3 is 2.93 bits per heavy atom. The number of hydrogen-bond donors (Lipinski definition) is 1. The number of nitrogen functional groups attached to an aromatic ring is 1. The van der Waals surface area contributed by atoms with Gasteiger partial charge < -0.3 is 15.0 Å². The molecule has 0 saturated heterocycles. The summed E-state index contributed by atoms with van der Waals surface area (Å²) in [5.74, 6) is 0.608. The van der Waals surface area contributed by atoms with E-state index in [1.807, 2.05) is 13.1 Å². The molecule has 1 aromatic heterocycles. The molecule has 1 saturated carbocycles. The van der Waals surface area contributed by atoms with E-state index >= 15 is 0 Å². The van der Waals surface area contributed by atoms with Crippen LogP contribution in [0.3, 0.4) is 0 Å². The first kappa shape index (κ1) is 9.52. The zero-order valence-corrected chi connectivity index (χ0v) is 8.73. The van der Waals surface area contributed by atoms with E-state index in [0.717, 1.165) is 18.5 Å². The van der Waals surface area contributed by atoms with Crippen LogP contribution in [0.15, 0.2) is 6.20 Å². The molecule has 0 aliphatic heterocycles. The van der Waals surface area contributed by atoms with Gasteiger partial charge in [0.05, 0.1) is 17.8 Å². The van der Waals surface area contributed by atoms with Gasteiger partial charge in [-0.15, -0.1) is 0 Å². The summed E-state index contributed by atoms with van der Waals surface area (Å²) in [6, 6.07) is 0.376. The van der Waals surface area contributed by atoms with Crippen LogP contribution < -0.4 is 5.73 Å². The average Bonchev–Trinajstić information content (AvgIpc) is 2.71. The summed E-state index contributed by atoms with van der Waals surface area (Å²) in [6.07, 6.45) is 5.78.